The standard InChI is InChI=1S/C25H33N3O4S/c1-18(2)23(27-24(29)20-11-7-6-8-12-20)25(30)26-21-14-13-19(3)22(17-21)33(31,32)28-15-9-4-5-10-16-28/h6-8,11-14,17-18,23H,4-5,9-10,15-16H2,1-3H3,(H,26,30)(H,27,29)/t23-/m0/s1. The Labute approximate surface area is 196 Å². The highest BCUT2D eigenvalue weighted by Crippen LogP contribution is 2.26. The Bertz CT molecular complexity index is 1080. The van der Waals surface area contributed by atoms with Crippen LogP contribution in [0.2, 0.25) is 0 Å². The van der Waals surface area contributed by atoms with Crippen molar-refractivity contribution in [2.24, 2.45) is 5.92 Å². The first kappa shape index (κ1) is 24.9. The van der Waals surface area contributed by atoms with Gasteiger partial charge >= 0.3 is 0 Å². The van der Waals surface area contributed by atoms with E-state index in [4.69, 9.17) is 0 Å². The van der Waals surface area contributed by atoms with Crippen LogP contribution in [-0.2, 0) is 14.8 Å². The maximum Gasteiger partial charge on any atom is 0.251 e. The van der Waals surface area contributed by atoms with Gasteiger partial charge in [0, 0.05) is 24.3 Å². The zero-order valence-electron chi connectivity index (χ0n) is 19.5. The minimum atomic E-state index is -3.65. The predicted molar refractivity (Wildman–Crippen MR) is 130 cm³/mol. The molecule has 2 aromatic carbocycles. The Kier molecular flexibility index (Phi) is 8.26. The summed E-state index contributed by atoms with van der Waals surface area (Å²) in [6.07, 6.45) is 3.77. The first-order valence-electron chi connectivity index (χ1n) is 11.5. The molecule has 2 aromatic rings. The van der Waals surface area contributed by atoms with Crippen molar-refractivity contribution in [3.05, 3.63) is 59.7 Å². The van der Waals surface area contributed by atoms with Gasteiger partial charge in [0.05, 0.1) is 4.90 Å². The van der Waals surface area contributed by atoms with Crippen LogP contribution in [0.1, 0.15) is 55.5 Å². The molecule has 1 aliphatic heterocycles. The van der Waals surface area contributed by atoms with Gasteiger partial charge in [-0.2, -0.15) is 4.31 Å². The molecule has 33 heavy (non-hydrogen) atoms. The Balaban J connectivity index is 1.79. The summed E-state index contributed by atoms with van der Waals surface area (Å²) < 4.78 is 28.1. The molecule has 2 amide bonds. The van der Waals surface area contributed by atoms with Crippen molar-refractivity contribution >= 4 is 27.5 Å². The summed E-state index contributed by atoms with van der Waals surface area (Å²) in [5.41, 5.74) is 1.49. The van der Waals surface area contributed by atoms with Gasteiger partial charge in [-0.05, 0) is 55.5 Å². The fourth-order valence-corrected chi connectivity index (χ4v) is 5.71. The van der Waals surface area contributed by atoms with Gasteiger partial charge in [0.15, 0.2) is 0 Å². The Morgan fingerprint density at radius 3 is 2.18 bits per heavy atom. The van der Waals surface area contributed by atoms with Crippen molar-refractivity contribution in [1.29, 1.82) is 0 Å². The average molecular weight is 472 g/mol. The van der Waals surface area contributed by atoms with Crippen LogP contribution in [0.25, 0.3) is 0 Å². The van der Waals surface area contributed by atoms with E-state index in [1.54, 1.807) is 47.6 Å². The second-order valence-corrected chi connectivity index (χ2v) is 10.8. The summed E-state index contributed by atoms with van der Waals surface area (Å²) in [5.74, 6) is -0.891. The van der Waals surface area contributed by atoms with Crippen molar-refractivity contribution in [3.8, 4) is 0 Å². The van der Waals surface area contributed by atoms with E-state index < -0.39 is 22.0 Å². The molecule has 2 N–H and O–H groups in total. The maximum absolute atomic E-state index is 13.3. The smallest absolute Gasteiger partial charge is 0.251 e. The zero-order chi connectivity index (χ0) is 24.0. The van der Waals surface area contributed by atoms with Gasteiger partial charge in [-0.25, -0.2) is 8.42 Å². The fraction of sp³-hybridized carbons (Fsp3) is 0.440. The van der Waals surface area contributed by atoms with E-state index in [0.29, 0.717) is 29.9 Å². The van der Waals surface area contributed by atoms with Crippen molar-refractivity contribution in [1.82, 2.24) is 9.62 Å². The van der Waals surface area contributed by atoms with Crippen LogP contribution in [0.3, 0.4) is 0 Å². The van der Waals surface area contributed by atoms with E-state index in [9.17, 15) is 18.0 Å². The number of hydrogen-bond donors (Lipinski definition) is 2. The van der Waals surface area contributed by atoms with Crippen LogP contribution in [0.5, 0.6) is 0 Å². The first-order chi connectivity index (χ1) is 15.7. The molecule has 0 saturated carbocycles. The van der Waals surface area contributed by atoms with E-state index in [1.807, 2.05) is 19.9 Å². The van der Waals surface area contributed by atoms with Gasteiger partial charge in [-0.3, -0.25) is 9.59 Å². The number of hydrogen-bond acceptors (Lipinski definition) is 4. The highest BCUT2D eigenvalue weighted by Gasteiger charge is 2.28. The molecule has 0 radical (unpaired) electrons. The molecule has 1 atom stereocenters. The SMILES string of the molecule is Cc1ccc(NC(=O)[C@@H](NC(=O)c2ccccc2)C(C)C)cc1S(=O)(=O)N1CCCCCC1. The minimum Gasteiger partial charge on any atom is -0.340 e. The monoisotopic (exact) mass is 471 g/mol. The number of aryl methyl sites for hydroxylation is 1. The van der Waals surface area contributed by atoms with Crippen LogP contribution in [0, 0.1) is 12.8 Å². The summed E-state index contributed by atoms with van der Waals surface area (Å²) in [4.78, 5) is 25.8. The molecule has 8 heteroatoms. The number of rotatable bonds is 7. The largest absolute Gasteiger partial charge is 0.340 e. The van der Waals surface area contributed by atoms with Gasteiger partial charge in [0.1, 0.15) is 6.04 Å². The van der Waals surface area contributed by atoms with E-state index in [0.717, 1.165) is 25.7 Å². The van der Waals surface area contributed by atoms with Gasteiger partial charge < -0.3 is 10.6 Å². The van der Waals surface area contributed by atoms with E-state index in [1.165, 1.54) is 6.07 Å². The molecule has 7 nitrogen and oxygen atoms in total. The number of amides is 2. The molecule has 0 aliphatic carbocycles. The van der Waals surface area contributed by atoms with Crippen LogP contribution >= 0.6 is 0 Å². The molecule has 0 bridgehead atoms. The fourth-order valence-electron chi connectivity index (χ4n) is 3.95. The van der Waals surface area contributed by atoms with Crippen LogP contribution in [0.4, 0.5) is 5.69 Å². The van der Waals surface area contributed by atoms with Gasteiger partial charge in [-0.1, -0.05) is 51.0 Å². The molecule has 1 fully saturated rings. The lowest BCUT2D eigenvalue weighted by molar-refractivity contribution is -0.118. The molecular formula is C25H33N3O4S. The minimum absolute atomic E-state index is 0.164. The third-order valence-corrected chi connectivity index (χ3v) is 7.95. The summed E-state index contributed by atoms with van der Waals surface area (Å²) >= 11 is 0. The lowest BCUT2D eigenvalue weighted by Gasteiger charge is -2.23. The molecule has 1 aliphatic rings. The third-order valence-electron chi connectivity index (χ3n) is 5.91. The van der Waals surface area contributed by atoms with Crippen molar-refractivity contribution in [2.45, 2.75) is 57.4 Å². The number of benzene rings is 2. The summed E-state index contributed by atoms with van der Waals surface area (Å²) in [7, 11) is -3.65. The van der Waals surface area contributed by atoms with Crippen molar-refractivity contribution in [2.75, 3.05) is 18.4 Å². The second-order valence-electron chi connectivity index (χ2n) is 8.85. The van der Waals surface area contributed by atoms with Crippen LogP contribution in [-0.4, -0.2) is 43.7 Å². The summed E-state index contributed by atoms with van der Waals surface area (Å²) in [5, 5.41) is 5.59. The Morgan fingerprint density at radius 1 is 0.939 bits per heavy atom. The van der Waals surface area contributed by atoms with E-state index in [-0.39, 0.29) is 16.7 Å². The summed E-state index contributed by atoms with van der Waals surface area (Å²) in [6, 6.07) is 12.8. The van der Waals surface area contributed by atoms with Crippen LogP contribution < -0.4 is 10.6 Å². The number of nitrogens with zero attached hydrogens (tertiary/aromatic N) is 1. The van der Waals surface area contributed by atoms with Gasteiger partial charge in [-0.15, -0.1) is 0 Å². The van der Waals surface area contributed by atoms with E-state index >= 15 is 0 Å². The normalized spacial score (nSPS) is 16.1. The molecular weight excluding hydrogens is 438 g/mol. The number of carbonyl (C=O) groups is 2. The molecule has 178 valence electrons. The highest BCUT2D eigenvalue weighted by molar-refractivity contribution is 7.89. The number of anilines is 1. The highest BCUT2D eigenvalue weighted by atomic mass is 32.2. The number of carbonyl (C=O) groups excluding carboxylic acids is 2. The van der Waals surface area contributed by atoms with E-state index in [2.05, 4.69) is 10.6 Å². The quantitative estimate of drug-likeness (QED) is 0.639. The van der Waals surface area contributed by atoms with Gasteiger partial charge in [0.25, 0.3) is 5.91 Å². The molecule has 1 saturated heterocycles. The molecule has 3 rings (SSSR count). The lowest BCUT2D eigenvalue weighted by atomic mass is 10.0. The average Bonchev–Trinajstić information content (AvgIpc) is 3.09. The molecule has 0 aromatic heterocycles. The van der Waals surface area contributed by atoms with Crippen LogP contribution in [0.15, 0.2) is 53.4 Å². The second kappa shape index (κ2) is 10.9. The molecule has 1 heterocycles. The number of nitrogens with one attached hydrogen (secondary N) is 2. The molecule has 0 unspecified atom stereocenters. The topological polar surface area (TPSA) is 95.6 Å². The molecule has 0 spiro atoms. The third kappa shape index (κ3) is 6.21. The van der Waals surface area contributed by atoms with Crippen molar-refractivity contribution < 1.29 is 18.0 Å². The Morgan fingerprint density at radius 2 is 1.58 bits per heavy atom. The van der Waals surface area contributed by atoms with Crippen molar-refractivity contribution in [3.63, 3.8) is 0 Å². The number of sulfonamides is 1. The predicted octanol–water partition coefficient (Wildman–Crippen LogP) is 3.95. The Hall–Kier alpha value is -2.71. The summed E-state index contributed by atoms with van der Waals surface area (Å²) in [6.45, 7) is 6.48. The first-order valence-corrected chi connectivity index (χ1v) is 12.9. The maximum atomic E-state index is 13.3. The lowest BCUT2D eigenvalue weighted by Crippen LogP contribution is -2.47. The van der Waals surface area contributed by atoms with Gasteiger partial charge in [0.2, 0.25) is 15.9 Å². The zero-order valence-corrected chi connectivity index (χ0v) is 20.3.